The normalized spacial score (nSPS) is 10.2. The zero-order valence-electron chi connectivity index (χ0n) is 9.45. The number of fused-ring (bicyclic) bond motifs is 1. The van der Waals surface area contributed by atoms with Crippen molar-refractivity contribution in [1.29, 1.82) is 0 Å². The number of rotatable bonds is 1. The first-order chi connectivity index (χ1) is 8.25. The summed E-state index contributed by atoms with van der Waals surface area (Å²) in [5.41, 5.74) is 8.08. The van der Waals surface area contributed by atoms with Gasteiger partial charge < -0.3 is 10.9 Å². The fraction of sp³-hybridized carbons (Fsp3) is 0. The van der Waals surface area contributed by atoms with Crippen LogP contribution in [0.1, 0.15) is 0 Å². The standard InChI is InChI=1S/C13H11N3O.ClH/c14-10-4-5-11-9(8-10)2-1-3-12(11)13-6-7-15-16(13)17;/h1-8,17H,14H2;1H. The Kier molecular flexibility index (Phi) is 3.12. The van der Waals surface area contributed by atoms with Crippen LogP contribution in [0.25, 0.3) is 22.0 Å². The summed E-state index contributed by atoms with van der Waals surface area (Å²) in [6.07, 6.45) is 1.56. The summed E-state index contributed by atoms with van der Waals surface area (Å²) in [6.45, 7) is 0. The fourth-order valence-electron chi connectivity index (χ4n) is 2.02. The molecule has 0 radical (unpaired) electrons. The van der Waals surface area contributed by atoms with E-state index < -0.39 is 0 Å². The second-order valence-electron chi connectivity index (χ2n) is 3.89. The minimum atomic E-state index is 0. The van der Waals surface area contributed by atoms with Crippen LogP contribution >= 0.6 is 12.4 Å². The van der Waals surface area contributed by atoms with Gasteiger partial charge in [0.25, 0.3) is 0 Å². The van der Waals surface area contributed by atoms with E-state index in [1.165, 1.54) is 0 Å². The number of nitrogens with two attached hydrogens (primary N) is 1. The fourth-order valence-corrected chi connectivity index (χ4v) is 2.02. The lowest BCUT2D eigenvalue weighted by Gasteiger charge is -2.06. The minimum Gasteiger partial charge on any atom is -0.411 e. The lowest BCUT2D eigenvalue weighted by Crippen LogP contribution is -1.95. The zero-order chi connectivity index (χ0) is 11.8. The van der Waals surface area contributed by atoms with E-state index in [-0.39, 0.29) is 12.4 Å². The SMILES string of the molecule is Cl.Nc1ccc2c(-c3ccnn3O)cccc2c1. The van der Waals surface area contributed by atoms with E-state index >= 15 is 0 Å². The third kappa shape index (κ3) is 1.87. The molecule has 0 amide bonds. The van der Waals surface area contributed by atoms with Crippen LogP contribution in [-0.4, -0.2) is 15.2 Å². The van der Waals surface area contributed by atoms with E-state index in [1.54, 1.807) is 12.3 Å². The molecule has 3 N–H and O–H groups in total. The highest BCUT2D eigenvalue weighted by Gasteiger charge is 2.08. The Hall–Kier alpha value is -2.20. The molecule has 5 heteroatoms. The van der Waals surface area contributed by atoms with Gasteiger partial charge in [0.1, 0.15) is 5.69 Å². The number of nitrogens with zero attached hydrogens (tertiary/aromatic N) is 2. The van der Waals surface area contributed by atoms with Crippen molar-refractivity contribution in [2.45, 2.75) is 0 Å². The van der Waals surface area contributed by atoms with Crippen molar-refractivity contribution in [3.05, 3.63) is 48.7 Å². The Morgan fingerprint density at radius 2 is 1.94 bits per heavy atom. The van der Waals surface area contributed by atoms with Crippen LogP contribution in [0.5, 0.6) is 0 Å². The van der Waals surface area contributed by atoms with Gasteiger partial charge in [0, 0.05) is 11.3 Å². The molecule has 0 spiro atoms. The maximum Gasteiger partial charge on any atom is 0.110 e. The third-order valence-electron chi connectivity index (χ3n) is 2.80. The smallest absolute Gasteiger partial charge is 0.110 e. The Balaban J connectivity index is 0.00000120. The van der Waals surface area contributed by atoms with E-state index in [0.717, 1.165) is 26.9 Å². The van der Waals surface area contributed by atoms with Crippen molar-refractivity contribution < 1.29 is 5.21 Å². The summed E-state index contributed by atoms with van der Waals surface area (Å²) in [6, 6.07) is 13.4. The monoisotopic (exact) mass is 261 g/mol. The van der Waals surface area contributed by atoms with Crippen LogP contribution in [0.2, 0.25) is 0 Å². The van der Waals surface area contributed by atoms with Crippen LogP contribution in [0.3, 0.4) is 0 Å². The molecule has 0 aliphatic rings. The van der Waals surface area contributed by atoms with Gasteiger partial charge in [-0.05, 0) is 29.0 Å². The van der Waals surface area contributed by atoms with Gasteiger partial charge >= 0.3 is 0 Å². The van der Waals surface area contributed by atoms with Gasteiger partial charge in [-0.15, -0.1) is 22.4 Å². The summed E-state index contributed by atoms with van der Waals surface area (Å²) in [5.74, 6) is 0. The van der Waals surface area contributed by atoms with Gasteiger partial charge in [0.05, 0.1) is 6.20 Å². The molecule has 18 heavy (non-hydrogen) atoms. The summed E-state index contributed by atoms with van der Waals surface area (Å²) in [4.78, 5) is 0.880. The van der Waals surface area contributed by atoms with Crippen molar-refractivity contribution in [3.8, 4) is 11.3 Å². The number of nitrogen functional groups attached to an aromatic ring is 1. The summed E-state index contributed by atoms with van der Waals surface area (Å²) in [7, 11) is 0. The van der Waals surface area contributed by atoms with E-state index in [1.807, 2.05) is 36.4 Å². The number of hydrogen-bond acceptors (Lipinski definition) is 3. The minimum absolute atomic E-state index is 0. The number of hydrogen-bond donors (Lipinski definition) is 2. The van der Waals surface area contributed by atoms with Crippen LogP contribution in [0.15, 0.2) is 48.7 Å². The molecule has 0 bridgehead atoms. The number of halogens is 1. The molecule has 3 aromatic rings. The van der Waals surface area contributed by atoms with E-state index in [0.29, 0.717) is 5.69 Å². The molecule has 0 unspecified atom stereocenters. The maximum absolute atomic E-state index is 9.60. The maximum atomic E-state index is 9.60. The summed E-state index contributed by atoms with van der Waals surface area (Å²) in [5, 5.41) is 15.4. The highest BCUT2D eigenvalue weighted by Crippen LogP contribution is 2.28. The Morgan fingerprint density at radius 1 is 1.11 bits per heavy atom. The third-order valence-corrected chi connectivity index (χ3v) is 2.80. The molecule has 0 saturated carbocycles. The van der Waals surface area contributed by atoms with Crippen molar-refractivity contribution in [2.75, 3.05) is 5.73 Å². The van der Waals surface area contributed by atoms with Crippen molar-refractivity contribution in [2.24, 2.45) is 0 Å². The molecule has 0 aliphatic heterocycles. The molecule has 0 saturated heterocycles. The molecular formula is C13H12ClN3O. The molecule has 2 aromatic carbocycles. The predicted molar refractivity (Wildman–Crippen MR) is 74.0 cm³/mol. The molecule has 0 aliphatic carbocycles. The Labute approximate surface area is 110 Å². The molecule has 4 nitrogen and oxygen atoms in total. The van der Waals surface area contributed by atoms with Gasteiger partial charge in [0.15, 0.2) is 0 Å². The molecule has 1 aromatic heterocycles. The van der Waals surface area contributed by atoms with Gasteiger partial charge in [-0.2, -0.15) is 0 Å². The Bertz CT molecular complexity index is 694. The van der Waals surface area contributed by atoms with Crippen LogP contribution in [0.4, 0.5) is 5.69 Å². The Morgan fingerprint density at radius 3 is 2.67 bits per heavy atom. The number of anilines is 1. The van der Waals surface area contributed by atoms with E-state index in [2.05, 4.69) is 5.10 Å². The number of aromatic nitrogens is 2. The highest BCUT2D eigenvalue weighted by molar-refractivity contribution is 5.97. The van der Waals surface area contributed by atoms with Crippen LogP contribution in [0, 0.1) is 0 Å². The number of benzene rings is 2. The first-order valence-corrected chi connectivity index (χ1v) is 5.27. The van der Waals surface area contributed by atoms with Crippen molar-refractivity contribution in [1.82, 2.24) is 9.94 Å². The molecular weight excluding hydrogens is 250 g/mol. The van der Waals surface area contributed by atoms with Crippen molar-refractivity contribution in [3.63, 3.8) is 0 Å². The second kappa shape index (κ2) is 4.58. The average molecular weight is 262 g/mol. The summed E-state index contributed by atoms with van der Waals surface area (Å²) >= 11 is 0. The van der Waals surface area contributed by atoms with Crippen LogP contribution < -0.4 is 5.73 Å². The van der Waals surface area contributed by atoms with Crippen LogP contribution in [-0.2, 0) is 0 Å². The molecule has 0 atom stereocenters. The lowest BCUT2D eigenvalue weighted by molar-refractivity contribution is 0.153. The van der Waals surface area contributed by atoms with E-state index in [9.17, 15) is 5.21 Å². The van der Waals surface area contributed by atoms with Gasteiger partial charge in [-0.3, -0.25) is 0 Å². The summed E-state index contributed by atoms with van der Waals surface area (Å²) < 4.78 is 0. The average Bonchev–Trinajstić information content (AvgIpc) is 2.74. The zero-order valence-corrected chi connectivity index (χ0v) is 10.3. The second-order valence-corrected chi connectivity index (χ2v) is 3.89. The molecule has 3 rings (SSSR count). The molecule has 1 heterocycles. The topological polar surface area (TPSA) is 64.1 Å². The molecule has 92 valence electrons. The molecule has 0 fully saturated rings. The predicted octanol–water partition coefficient (Wildman–Crippen LogP) is 2.94. The van der Waals surface area contributed by atoms with E-state index in [4.69, 9.17) is 5.73 Å². The first kappa shape index (κ1) is 12.3. The van der Waals surface area contributed by atoms with Gasteiger partial charge in [0.2, 0.25) is 0 Å². The lowest BCUT2D eigenvalue weighted by atomic mass is 10.0. The quantitative estimate of drug-likeness (QED) is 0.523. The largest absolute Gasteiger partial charge is 0.411 e. The van der Waals surface area contributed by atoms with Crippen molar-refractivity contribution >= 4 is 28.9 Å². The highest BCUT2D eigenvalue weighted by atomic mass is 35.5. The van der Waals surface area contributed by atoms with Gasteiger partial charge in [-0.25, -0.2) is 0 Å². The van der Waals surface area contributed by atoms with Gasteiger partial charge in [-0.1, -0.05) is 24.3 Å². The first-order valence-electron chi connectivity index (χ1n) is 5.27.